The van der Waals surface area contributed by atoms with E-state index in [9.17, 15) is 23.6 Å². The monoisotopic (exact) mass is 544 g/mol. The molecule has 0 spiro atoms. The Morgan fingerprint density at radius 3 is 2.58 bits per heavy atom. The molecule has 1 saturated carbocycles. The maximum Gasteiger partial charge on any atom is 0.404 e. The van der Waals surface area contributed by atoms with Crippen molar-refractivity contribution in [2.24, 2.45) is 17.4 Å². The number of fused-ring (bicyclic) bond motifs is 1. The molecule has 0 atom stereocenters. The van der Waals surface area contributed by atoms with Crippen LogP contribution in [0.15, 0.2) is 42.5 Å². The predicted molar refractivity (Wildman–Crippen MR) is 135 cm³/mol. The SMILES string of the molecule is NC(=O)OC1CC(CN(CC(=O)NCc2cccc(Cl)c2F)C(=O)Cn2nc(C(N)=O)c3ccccc32)C1. The Hall–Kier alpha value is -4.19. The Morgan fingerprint density at radius 1 is 1.13 bits per heavy atom. The molecular formula is C25H26ClFN6O5. The molecule has 1 fully saturated rings. The molecule has 0 saturated heterocycles. The summed E-state index contributed by atoms with van der Waals surface area (Å²) in [5.74, 6) is -2.33. The van der Waals surface area contributed by atoms with E-state index in [0.29, 0.717) is 23.7 Å². The Labute approximate surface area is 221 Å². The second kappa shape index (κ2) is 11.5. The molecular weight excluding hydrogens is 519 g/mol. The Morgan fingerprint density at radius 2 is 1.87 bits per heavy atom. The summed E-state index contributed by atoms with van der Waals surface area (Å²) in [6, 6.07) is 11.3. The van der Waals surface area contributed by atoms with Gasteiger partial charge in [-0.2, -0.15) is 5.10 Å². The number of ether oxygens (including phenoxy) is 1. The van der Waals surface area contributed by atoms with Gasteiger partial charge in [0, 0.05) is 24.0 Å². The van der Waals surface area contributed by atoms with E-state index in [1.165, 1.54) is 21.7 Å². The number of benzene rings is 2. The van der Waals surface area contributed by atoms with Gasteiger partial charge in [0.2, 0.25) is 11.8 Å². The number of rotatable bonds is 10. The fourth-order valence-electron chi connectivity index (χ4n) is 4.42. The van der Waals surface area contributed by atoms with Crippen LogP contribution in [0.25, 0.3) is 10.9 Å². The maximum absolute atomic E-state index is 14.2. The molecule has 5 N–H and O–H groups in total. The lowest BCUT2D eigenvalue weighted by Gasteiger charge is -2.37. The molecule has 0 aliphatic heterocycles. The van der Waals surface area contributed by atoms with Crippen LogP contribution in [0.4, 0.5) is 9.18 Å². The summed E-state index contributed by atoms with van der Waals surface area (Å²) in [6.07, 6.45) is -0.246. The zero-order valence-corrected chi connectivity index (χ0v) is 21.0. The molecule has 2 aromatic carbocycles. The van der Waals surface area contributed by atoms with Gasteiger partial charge < -0.3 is 26.4 Å². The molecule has 4 rings (SSSR count). The van der Waals surface area contributed by atoms with Gasteiger partial charge in [-0.3, -0.25) is 19.1 Å². The normalized spacial score (nSPS) is 16.5. The summed E-state index contributed by atoms with van der Waals surface area (Å²) < 4.78 is 20.5. The van der Waals surface area contributed by atoms with Gasteiger partial charge in [-0.25, -0.2) is 9.18 Å². The van der Waals surface area contributed by atoms with Crippen molar-refractivity contribution >= 4 is 46.3 Å². The lowest BCUT2D eigenvalue weighted by atomic mass is 9.82. The highest BCUT2D eigenvalue weighted by Crippen LogP contribution is 2.31. The third-order valence-corrected chi connectivity index (χ3v) is 6.62. The molecule has 200 valence electrons. The smallest absolute Gasteiger partial charge is 0.404 e. The average Bonchev–Trinajstić information content (AvgIpc) is 3.21. The first-order valence-electron chi connectivity index (χ1n) is 11.8. The molecule has 11 nitrogen and oxygen atoms in total. The number of carbonyl (C=O) groups is 4. The van der Waals surface area contributed by atoms with Gasteiger partial charge in [0.25, 0.3) is 5.91 Å². The van der Waals surface area contributed by atoms with Crippen molar-refractivity contribution in [3.63, 3.8) is 0 Å². The van der Waals surface area contributed by atoms with Crippen molar-refractivity contribution in [2.45, 2.75) is 32.0 Å². The van der Waals surface area contributed by atoms with Crippen LogP contribution < -0.4 is 16.8 Å². The Balaban J connectivity index is 1.47. The molecule has 0 radical (unpaired) electrons. The number of primary amides is 2. The van der Waals surface area contributed by atoms with Gasteiger partial charge in [-0.15, -0.1) is 0 Å². The molecule has 4 amide bonds. The second-order valence-electron chi connectivity index (χ2n) is 9.05. The van der Waals surface area contributed by atoms with Gasteiger partial charge in [0.1, 0.15) is 18.5 Å². The number of carbonyl (C=O) groups excluding carboxylic acids is 4. The number of hydrogen-bond acceptors (Lipinski definition) is 6. The second-order valence-corrected chi connectivity index (χ2v) is 9.46. The molecule has 0 bridgehead atoms. The molecule has 38 heavy (non-hydrogen) atoms. The minimum Gasteiger partial charge on any atom is -0.446 e. The van der Waals surface area contributed by atoms with Crippen molar-refractivity contribution in [1.29, 1.82) is 0 Å². The van der Waals surface area contributed by atoms with Gasteiger partial charge in [-0.05, 0) is 30.9 Å². The minimum absolute atomic E-state index is 0.0305. The van der Waals surface area contributed by atoms with Crippen molar-refractivity contribution < 1.29 is 28.3 Å². The molecule has 1 aromatic heterocycles. The van der Waals surface area contributed by atoms with E-state index in [4.69, 9.17) is 27.8 Å². The molecule has 3 aromatic rings. The summed E-state index contributed by atoms with van der Waals surface area (Å²) in [5, 5.41) is 7.26. The summed E-state index contributed by atoms with van der Waals surface area (Å²) in [4.78, 5) is 50.3. The quantitative estimate of drug-likeness (QED) is 0.353. The first-order valence-corrected chi connectivity index (χ1v) is 12.2. The number of hydrogen-bond donors (Lipinski definition) is 3. The van der Waals surface area contributed by atoms with Crippen molar-refractivity contribution in [1.82, 2.24) is 20.0 Å². The van der Waals surface area contributed by atoms with E-state index < -0.39 is 29.6 Å². The largest absolute Gasteiger partial charge is 0.446 e. The van der Waals surface area contributed by atoms with Crippen molar-refractivity contribution in [3.8, 4) is 0 Å². The lowest BCUT2D eigenvalue weighted by molar-refractivity contribution is -0.138. The highest BCUT2D eigenvalue weighted by molar-refractivity contribution is 6.30. The molecule has 0 unspecified atom stereocenters. The van der Waals surface area contributed by atoms with Crippen LogP contribution in [0.2, 0.25) is 5.02 Å². The van der Waals surface area contributed by atoms with E-state index in [0.717, 1.165) is 0 Å². The van der Waals surface area contributed by atoms with Crippen molar-refractivity contribution in [2.75, 3.05) is 13.1 Å². The number of nitrogens with two attached hydrogens (primary N) is 2. The third-order valence-electron chi connectivity index (χ3n) is 6.32. The molecule has 1 aliphatic carbocycles. The molecule has 1 aliphatic rings. The zero-order chi connectivity index (χ0) is 27.4. The van der Waals surface area contributed by atoms with Crippen LogP contribution in [0.3, 0.4) is 0 Å². The number of nitrogens with one attached hydrogen (secondary N) is 1. The van der Waals surface area contributed by atoms with E-state index >= 15 is 0 Å². The lowest BCUT2D eigenvalue weighted by Crippen LogP contribution is -2.47. The first kappa shape index (κ1) is 26.9. The van der Waals surface area contributed by atoms with Crippen LogP contribution in [0, 0.1) is 11.7 Å². The van der Waals surface area contributed by atoms with E-state index in [1.54, 1.807) is 30.3 Å². The molecule has 13 heteroatoms. The van der Waals surface area contributed by atoms with Gasteiger partial charge >= 0.3 is 6.09 Å². The summed E-state index contributed by atoms with van der Waals surface area (Å²) >= 11 is 5.80. The number of amides is 4. The third kappa shape index (κ3) is 6.20. The fourth-order valence-corrected chi connectivity index (χ4v) is 4.61. The first-order chi connectivity index (χ1) is 18.1. The van der Waals surface area contributed by atoms with Gasteiger partial charge in [-0.1, -0.05) is 41.9 Å². The standard InChI is InChI=1S/C25H26ClFN6O5/c26-18-6-3-4-15(22(18)27)10-30-20(34)12-32(11-14-8-16(9-14)38-25(29)37)21(35)13-33-19-7-2-1-5-17(19)23(31-33)24(28)36/h1-7,14,16H,8-13H2,(H2,28,36)(H2,29,37)(H,30,34). The predicted octanol–water partition coefficient (Wildman–Crippen LogP) is 1.95. The van der Waals surface area contributed by atoms with Crippen LogP contribution in [-0.2, 0) is 27.4 Å². The average molecular weight is 545 g/mol. The minimum atomic E-state index is -0.871. The highest BCUT2D eigenvalue weighted by atomic mass is 35.5. The van der Waals surface area contributed by atoms with Gasteiger partial charge in [0.15, 0.2) is 5.69 Å². The van der Waals surface area contributed by atoms with E-state index in [1.807, 2.05) is 0 Å². The zero-order valence-electron chi connectivity index (χ0n) is 20.2. The fraction of sp³-hybridized carbons (Fsp3) is 0.320. The van der Waals surface area contributed by atoms with Gasteiger partial charge in [0.05, 0.1) is 17.1 Å². The number of aromatic nitrogens is 2. The summed E-state index contributed by atoms with van der Waals surface area (Å²) in [7, 11) is 0. The number of halogens is 2. The van der Waals surface area contributed by atoms with Crippen LogP contribution in [0.5, 0.6) is 0 Å². The van der Waals surface area contributed by atoms with Crippen LogP contribution in [0.1, 0.15) is 28.9 Å². The highest BCUT2D eigenvalue weighted by Gasteiger charge is 2.34. The Kier molecular flexibility index (Phi) is 8.10. The topological polar surface area (TPSA) is 163 Å². The molecule has 1 heterocycles. The number of para-hydroxylation sites is 1. The van der Waals surface area contributed by atoms with E-state index in [2.05, 4.69) is 10.4 Å². The number of nitrogens with zero attached hydrogens (tertiary/aromatic N) is 3. The maximum atomic E-state index is 14.2. The Bertz CT molecular complexity index is 1390. The summed E-state index contributed by atoms with van der Waals surface area (Å²) in [6.45, 7) is -0.464. The van der Waals surface area contributed by atoms with Crippen LogP contribution >= 0.6 is 11.6 Å². The van der Waals surface area contributed by atoms with Crippen molar-refractivity contribution in [3.05, 3.63) is 64.6 Å². The van der Waals surface area contributed by atoms with E-state index in [-0.39, 0.29) is 54.5 Å². The van der Waals surface area contributed by atoms with Crippen LogP contribution in [-0.4, -0.2) is 57.7 Å². The summed E-state index contributed by atoms with van der Waals surface area (Å²) in [5.41, 5.74) is 11.3.